The van der Waals surface area contributed by atoms with Crippen LogP contribution >= 0.6 is 15.9 Å². The van der Waals surface area contributed by atoms with Gasteiger partial charge in [-0.05, 0) is 34.1 Å². The number of anilines is 1. The van der Waals surface area contributed by atoms with Crippen molar-refractivity contribution in [2.75, 3.05) is 12.8 Å². The maximum absolute atomic E-state index is 12.3. The van der Waals surface area contributed by atoms with Gasteiger partial charge in [-0.2, -0.15) is 0 Å². The summed E-state index contributed by atoms with van der Waals surface area (Å²) in [6.07, 6.45) is 3.21. The van der Waals surface area contributed by atoms with Gasteiger partial charge >= 0.3 is 0 Å². The number of benzene rings is 1. The van der Waals surface area contributed by atoms with E-state index in [9.17, 15) is 4.79 Å². The van der Waals surface area contributed by atoms with E-state index in [1.54, 1.807) is 42.7 Å². The van der Waals surface area contributed by atoms with Gasteiger partial charge in [-0.15, -0.1) is 0 Å². The molecule has 0 aliphatic carbocycles. The van der Waals surface area contributed by atoms with Crippen molar-refractivity contribution in [1.82, 2.24) is 4.90 Å². The minimum atomic E-state index is -0.0876. The number of nitrogen functional groups attached to an aromatic ring is 1. The summed E-state index contributed by atoms with van der Waals surface area (Å²) >= 11 is 3.34. The molecular weight excluding hydrogens is 296 g/mol. The van der Waals surface area contributed by atoms with Gasteiger partial charge in [0.1, 0.15) is 0 Å². The molecule has 0 saturated carbocycles. The van der Waals surface area contributed by atoms with Gasteiger partial charge in [0.2, 0.25) is 0 Å². The van der Waals surface area contributed by atoms with Crippen LogP contribution in [0.15, 0.2) is 45.7 Å². The van der Waals surface area contributed by atoms with Crippen LogP contribution in [0.1, 0.15) is 15.9 Å². The third-order valence-corrected chi connectivity index (χ3v) is 3.49. The number of halogens is 1. The summed E-state index contributed by atoms with van der Waals surface area (Å²) in [5.74, 6) is -0.0876. The number of furan rings is 1. The Bertz CT molecular complexity index is 552. The van der Waals surface area contributed by atoms with E-state index in [4.69, 9.17) is 10.2 Å². The Morgan fingerprint density at radius 3 is 2.89 bits per heavy atom. The predicted octanol–water partition coefficient (Wildman–Crippen LogP) is 2.90. The summed E-state index contributed by atoms with van der Waals surface area (Å²) in [5, 5.41) is 0. The average Bonchev–Trinajstić information content (AvgIpc) is 2.84. The monoisotopic (exact) mass is 308 g/mol. The van der Waals surface area contributed by atoms with Gasteiger partial charge in [0.05, 0.1) is 22.6 Å². The molecular formula is C13H13BrN2O2. The number of amides is 1. The van der Waals surface area contributed by atoms with E-state index in [1.807, 2.05) is 6.07 Å². The second kappa shape index (κ2) is 5.27. The van der Waals surface area contributed by atoms with Crippen molar-refractivity contribution in [2.45, 2.75) is 6.54 Å². The van der Waals surface area contributed by atoms with Gasteiger partial charge in [0.25, 0.3) is 5.91 Å². The highest BCUT2D eigenvalue weighted by molar-refractivity contribution is 9.10. The summed E-state index contributed by atoms with van der Waals surface area (Å²) in [7, 11) is 1.74. The quantitative estimate of drug-likeness (QED) is 0.887. The van der Waals surface area contributed by atoms with Crippen LogP contribution in [-0.4, -0.2) is 17.9 Å². The molecule has 0 unspecified atom stereocenters. The molecule has 0 radical (unpaired) electrons. The van der Waals surface area contributed by atoms with Crippen LogP contribution in [0.5, 0.6) is 0 Å². The number of carbonyl (C=O) groups is 1. The van der Waals surface area contributed by atoms with Crippen LogP contribution in [0.2, 0.25) is 0 Å². The minimum absolute atomic E-state index is 0.0876. The number of hydrogen-bond acceptors (Lipinski definition) is 3. The molecule has 0 bridgehead atoms. The zero-order chi connectivity index (χ0) is 13.1. The Hall–Kier alpha value is -1.75. The lowest BCUT2D eigenvalue weighted by Crippen LogP contribution is -2.26. The van der Waals surface area contributed by atoms with E-state index < -0.39 is 0 Å². The summed E-state index contributed by atoms with van der Waals surface area (Å²) in [5.41, 5.74) is 7.82. The fourth-order valence-electron chi connectivity index (χ4n) is 1.65. The van der Waals surface area contributed by atoms with Crippen LogP contribution in [0.25, 0.3) is 0 Å². The molecule has 0 fully saturated rings. The van der Waals surface area contributed by atoms with Crippen LogP contribution in [0, 0.1) is 0 Å². The van der Waals surface area contributed by atoms with Crippen molar-refractivity contribution >= 4 is 27.5 Å². The average molecular weight is 309 g/mol. The first-order valence-corrected chi connectivity index (χ1v) is 6.19. The lowest BCUT2D eigenvalue weighted by atomic mass is 10.1. The van der Waals surface area contributed by atoms with Crippen molar-refractivity contribution in [3.05, 3.63) is 52.4 Å². The molecule has 4 nitrogen and oxygen atoms in total. The number of rotatable bonds is 3. The molecule has 0 atom stereocenters. The molecule has 2 N–H and O–H groups in total. The highest BCUT2D eigenvalue weighted by Gasteiger charge is 2.16. The smallest absolute Gasteiger partial charge is 0.255 e. The van der Waals surface area contributed by atoms with Crippen LogP contribution in [0.4, 0.5) is 5.69 Å². The fourth-order valence-corrected chi connectivity index (χ4v) is 2.08. The standard InChI is InChI=1S/C13H13BrN2O2/c1-16(7-9-5-6-18-8-9)13(17)10-3-2-4-11(15)12(10)14/h2-6,8H,7,15H2,1H3. The molecule has 0 spiro atoms. The molecule has 1 heterocycles. The highest BCUT2D eigenvalue weighted by Crippen LogP contribution is 2.25. The first-order chi connectivity index (χ1) is 8.59. The number of nitrogens with zero attached hydrogens (tertiary/aromatic N) is 1. The molecule has 0 saturated heterocycles. The van der Waals surface area contributed by atoms with Crippen LogP contribution in [0.3, 0.4) is 0 Å². The zero-order valence-corrected chi connectivity index (χ0v) is 11.5. The molecule has 2 aromatic rings. The normalized spacial score (nSPS) is 10.3. The van der Waals surface area contributed by atoms with Crippen molar-refractivity contribution in [2.24, 2.45) is 0 Å². The molecule has 0 aliphatic rings. The van der Waals surface area contributed by atoms with Gasteiger partial charge in [0.15, 0.2) is 0 Å². The van der Waals surface area contributed by atoms with E-state index in [2.05, 4.69) is 15.9 Å². The minimum Gasteiger partial charge on any atom is -0.472 e. The summed E-state index contributed by atoms with van der Waals surface area (Å²) in [4.78, 5) is 13.9. The Balaban J connectivity index is 2.18. The van der Waals surface area contributed by atoms with Crippen LogP contribution < -0.4 is 5.73 Å². The topological polar surface area (TPSA) is 59.5 Å². The van der Waals surface area contributed by atoms with Gasteiger partial charge < -0.3 is 15.1 Å². The van der Waals surface area contributed by atoms with Crippen molar-refractivity contribution in [3.8, 4) is 0 Å². The maximum atomic E-state index is 12.3. The van der Waals surface area contributed by atoms with E-state index >= 15 is 0 Å². The molecule has 2 rings (SSSR count). The molecule has 1 aromatic heterocycles. The lowest BCUT2D eigenvalue weighted by Gasteiger charge is -2.17. The Kier molecular flexibility index (Phi) is 3.72. The van der Waals surface area contributed by atoms with Gasteiger partial charge in [-0.1, -0.05) is 6.07 Å². The zero-order valence-electron chi connectivity index (χ0n) is 9.89. The summed E-state index contributed by atoms with van der Waals surface area (Å²) in [6, 6.07) is 7.09. The Labute approximate surface area is 114 Å². The molecule has 1 amide bonds. The number of nitrogens with two attached hydrogens (primary N) is 1. The van der Waals surface area contributed by atoms with Crippen molar-refractivity contribution in [1.29, 1.82) is 0 Å². The van der Waals surface area contributed by atoms with Crippen molar-refractivity contribution in [3.63, 3.8) is 0 Å². The fraction of sp³-hybridized carbons (Fsp3) is 0.154. The van der Waals surface area contributed by atoms with Crippen LogP contribution in [-0.2, 0) is 6.54 Å². The second-order valence-electron chi connectivity index (χ2n) is 4.00. The van der Waals surface area contributed by atoms with E-state index in [0.717, 1.165) is 5.56 Å². The first-order valence-electron chi connectivity index (χ1n) is 5.40. The predicted molar refractivity (Wildman–Crippen MR) is 73.1 cm³/mol. The number of carbonyl (C=O) groups excluding carboxylic acids is 1. The Morgan fingerprint density at radius 1 is 1.44 bits per heavy atom. The third-order valence-electron chi connectivity index (χ3n) is 2.61. The van der Waals surface area contributed by atoms with Gasteiger partial charge in [0, 0.05) is 24.8 Å². The third kappa shape index (κ3) is 2.56. The number of hydrogen-bond donors (Lipinski definition) is 1. The first kappa shape index (κ1) is 12.7. The highest BCUT2D eigenvalue weighted by atomic mass is 79.9. The van der Waals surface area contributed by atoms with E-state index in [-0.39, 0.29) is 5.91 Å². The SMILES string of the molecule is CN(Cc1ccoc1)C(=O)c1cccc(N)c1Br. The summed E-state index contributed by atoms with van der Waals surface area (Å²) in [6.45, 7) is 0.497. The molecule has 1 aromatic carbocycles. The molecule has 0 aliphatic heterocycles. The van der Waals surface area contributed by atoms with E-state index in [0.29, 0.717) is 22.3 Å². The maximum Gasteiger partial charge on any atom is 0.255 e. The molecule has 94 valence electrons. The lowest BCUT2D eigenvalue weighted by molar-refractivity contribution is 0.0784. The summed E-state index contributed by atoms with van der Waals surface area (Å²) < 4.78 is 5.61. The van der Waals surface area contributed by atoms with Crippen molar-refractivity contribution < 1.29 is 9.21 Å². The molecule has 5 heteroatoms. The van der Waals surface area contributed by atoms with Gasteiger partial charge in [-0.3, -0.25) is 4.79 Å². The van der Waals surface area contributed by atoms with Gasteiger partial charge in [-0.25, -0.2) is 0 Å². The Morgan fingerprint density at radius 2 is 2.22 bits per heavy atom. The molecule has 18 heavy (non-hydrogen) atoms. The van der Waals surface area contributed by atoms with E-state index in [1.165, 1.54) is 0 Å². The largest absolute Gasteiger partial charge is 0.472 e. The second-order valence-corrected chi connectivity index (χ2v) is 4.79.